The van der Waals surface area contributed by atoms with Crippen molar-refractivity contribution in [3.63, 3.8) is 0 Å². The number of piperidine rings is 1. The normalized spacial score (nSPS) is 22.2. The van der Waals surface area contributed by atoms with Crippen LogP contribution in [0.5, 0.6) is 5.75 Å². The van der Waals surface area contributed by atoms with Crippen LogP contribution in [0.4, 0.5) is 5.82 Å². The Bertz CT molecular complexity index is 972. The van der Waals surface area contributed by atoms with Crippen LogP contribution in [0.3, 0.4) is 0 Å². The van der Waals surface area contributed by atoms with Gasteiger partial charge in [0.25, 0.3) is 0 Å². The van der Waals surface area contributed by atoms with Gasteiger partial charge in [-0.05, 0) is 56.8 Å². The maximum atomic E-state index is 12.9. The Morgan fingerprint density at radius 1 is 1.12 bits per heavy atom. The molecule has 5 rings (SSSR count). The Hall–Kier alpha value is -2.51. The van der Waals surface area contributed by atoms with Crippen LogP contribution in [0.15, 0.2) is 24.3 Å². The molecule has 1 unspecified atom stereocenters. The summed E-state index contributed by atoms with van der Waals surface area (Å²) < 4.78 is 10.8. The number of anilines is 1. The first-order valence-electron chi connectivity index (χ1n) is 11.7. The highest BCUT2D eigenvalue weighted by atomic mass is 16.5. The number of hydrogen-bond acceptors (Lipinski definition) is 6. The predicted octanol–water partition coefficient (Wildman–Crippen LogP) is 3.24. The summed E-state index contributed by atoms with van der Waals surface area (Å²) in [6, 6.07) is 8.48. The van der Waals surface area contributed by atoms with Crippen molar-refractivity contribution >= 4 is 11.7 Å². The highest BCUT2D eigenvalue weighted by molar-refractivity contribution is 6.00. The van der Waals surface area contributed by atoms with Crippen LogP contribution in [0.25, 0.3) is 0 Å². The van der Waals surface area contributed by atoms with Crippen LogP contribution in [-0.4, -0.2) is 60.2 Å². The molecule has 3 aliphatic heterocycles. The van der Waals surface area contributed by atoms with E-state index in [1.807, 2.05) is 36.1 Å². The van der Waals surface area contributed by atoms with Gasteiger partial charge in [-0.2, -0.15) is 0 Å². The Morgan fingerprint density at radius 2 is 1.91 bits per heavy atom. The molecule has 0 bridgehead atoms. The van der Waals surface area contributed by atoms with Crippen molar-refractivity contribution in [1.82, 2.24) is 14.9 Å². The van der Waals surface area contributed by atoms with Crippen LogP contribution in [0.2, 0.25) is 0 Å². The third kappa shape index (κ3) is 4.24. The van der Waals surface area contributed by atoms with E-state index in [1.54, 1.807) is 7.11 Å². The topological polar surface area (TPSA) is 67.8 Å². The number of carbonyl (C=O) groups excluding carboxylic acids is 1. The zero-order chi connectivity index (χ0) is 22.1. The van der Waals surface area contributed by atoms with Crippen molar-refractivity contribution in [2.75, 3.05) is 38.3 Å². The fourth-order valence-corrected chi connectivity index (χ4v) is 5.26. The molecule has 1 amide bonds. The highest BCUT2D eigenvalue weighted by Crippen LogP contribution is 2.34. The number of nitrogens with zero attached hydrogens (tertiary/aromatic N) is 4. The number of hydrogen-bond donors (Lipinski definition) is 0. The Labute approximate surface area is 189 Å². The molecule has 0 N–H and O–H groups in total. The molecular formula is C25H32N4O3. The largest absolute Gasteiger partial charge is 0.497 e. The lowest BCUT2D eigenvalue weighted by Gasteiger charge is -2.39. The van der Waals surface area contributed by atoms with Crippen LogP contribution < -0.4 is 9.64 Å². The van der Waals surface area contributed by atoms with Crippen LogP contribution >= 0.6 is 0 Å². The summed E-state index contributed by atoms with van der Waals surface area (Å²) in [4.78, 5) is 27.2. The predicted molar refractivity (Wildman–Crippen MR) is 122 cm³/mol. The van der Waals surface area contributed by atoms with E-state index in [2.05, 4.69) is 4.90 Å². The molecule has 0 aliphatic carbocycles. The standard InChI is InChI=1S/C25H32N4O3/c1-17-22-14-23(30)29(15-18-5-7-21(31-2)8-6-18)25(22)27-24(26-17)19-4-3-11-28(16-19)20-9-12-32-13-10-20/h5-8,19-20H,3-4,9-16H2,1-2H3. The van der Waals surface area contributed by atoms with Crippen LogP contribution in [-0.2, 0) is 22.5 Å². The summed E-state index contributed by atoms with van der Waals surface area (Å²) in [7, 11) is 1.66. The molecule has 2 saturated heterocycles. The van der Waals surface area contributed by atoms with Gasteiger partial charge in [-0.1, -0.05) is 12.1 Å². The molecule has 1 atom stereocenters. The van der Waals surface area contributed by atoms with Crippen molar-refractivity contribution in [3.8, 4) is 5.75 Å². The second kappa shape index (κ2) is 9.16. The second-order valence-corrected chi connectivity index (χ2v) is 9.15. The molecule has 3 aliphatic rings. The number of ether oxygens (including phenoxy) is 2. The van der Waals surface area contributed by atoms with E-state index in [-0.39, 0.29) is 5.91 Å². The van der Waals surface area contributed by atoms with E-state index in [9.17, 15) is 4.79 Å². The summed E-state index contributed by atoms with van der Waals surface area (Å²) in [5.41, 5.74) is 2.98. The number of aryl methyl sites for hydroxylation is 1. The molecule has 2 fully saturated rings. The Kier molecular flexibility index (Phi) is 6.11. The first-order valence-corrected chi connectivity index (χ1v) is 11.7. The number of methoxy groups -OCH3 is 1. The van der Waals surface area contributed by atoms with Crippen molar-refractivity contribution in [2.24, 2.45) is 0 Å². The number of benzene rings is 1. The molecule has 0 radical (unpaired) electrons. The fourth-order valence-electron chi connectivity index (χ4n) is 5.26. The molecule has 1 aromatic carbocycles. The van der Waals surface area contributed by atoms with Crippen molar-refractivity contribution in [1.29, 1.82) is 0 Å². The summed E-state index contributed by atoms with van der Waals surface area (Å²) in [6.45, 7) is 6.41. The molecule has 4 heterocycles. The second-order valence-electron chi connectivity index (χ2n) is 9.15. The number of fused-ring (bicyclic) bond motifs is 1. The molecule has 7 nitrogen and oxygen atoms in total. The summed E-state index contributed by atoms with van der Waals surface area (Å²) in [5.74, 6) is 2.92. The number of rotatable bonds is 5. The third-order valence-corrected chi connectivity index (χ3v) is 7.12. The van der Waals surface area contributed by atoms with E-state index >= 15 is 0 Å². The van der Waals surface area contributed by atoms with Crippen molar-refractivity contribution in [3.05, 3.63) is 46.9 Å². The van der Waals surface area contributed by atoms with Crippen molar-refractivity contribution in [2.45, 2.75) is 57.5 Å². The maximum Gasteiger partial charge on any atom is 0.233 e. The number of carbonyl (C=O) groups is 1. The van der Waals surface area contributed by atoms with Gasteiger partial charge in [0.2, 0.25) is 5.91 Å². The quantitative estimate of drug-likeness (QED) is 0.717. The average Bonchev–Trinajstić information content (AvgIpc) is 3.16. The van der Waals surface area contributed by atoms with Gasteiger partial charge in [-0.25, -0.2) is 9.97 Å². The molecule has 2 aromatic rings. The highest BCUT2D eigenvalue weighted by Gasteiger charge is 2.34. The molecule has 7 heteroatoms. The minimum absolute atomic E-state index is 0.0952. The van der Waals surface area contributed by atoms with Gasteiger partial charge in [0.05, 0.1) is 20.1 Å². The monoisotopic (exact) mass is 436 g/mol. The smallest absolute Gasteiger partial charge is 0.233 e. The third-order valence-electron chi connectivity index (χ3n) is 7.12. The van der Waals surface area contributed by atoms with Crippen molar-refractivity contribution < 1.29 is 14.3 Å². The van der Waals surface area contributed by atoms with E-state index in [0.717, 1.165) is 86.2 Å². The van der Waals surface area contributed by atoms with Crippen LogP contribution in [0.1, 0.15) is 54.2 Å². The number of aromatic nitrogens is 2. The van der Waals surface area contributed by atoms with Gasteiger partial charge >= 0.3 is 0 Å². The SMILES string of the molecule is COc1ccc(CN2C(=O)Cc3c(C)nc(C4CCCN(C5CCOCC5)C4)nc32)cc1. The summed E-state index contributed by atoms with van der Waals surface area (Å²) in [6.07, 6.45) is 4.87. The molecule has 1 aromatic heterocycles. The lowest BCUT2D eigenvalue weighted by molar-refractivity contribution is -0.117. The Balaban J connectivity index is 1.37. The molecule has 0 saturated carbocycles. The molecule has 32 heavy (non-hydrogen) atoms. The lowest BCUT2D eigenvalue weighted by Crippen LogP contribution is -2.44. The van der Waals surface area contributed by atoms with E-state index in [1.165, 1.54) is 0 Å². The first kappa shape index (κ1) is 21.3. The lowest BCUT2D eigenvalue weighted by atomic mass is 9.94. The minimum Gasteiger partial charge on any atom is -0.497 e. The zero-order valence-corrected chi connectivity index (χ0v) is 19.0. The molecule has 0 spiro atoms. The summed E-state index contributed by atoms with van der Waals surface area (Å²) in [5, 5.41) is 0. The average molecular weight is 437 g/mol. The zero-order valence-electron chi connectivity index (χ0n) is 19.0. The first-order chi connectivity index (χ1) is 15.6. The van der Waals surface area contributed by atoms with E-state index in [4.69, 9.17) is 19.4 Å². The van der Waals surface area contributed by atoms with Gasteiger partial charge < -0.3 is 9.47 Å². The Morgan fingerprint density at radius 3 is 2.66 bits per heavy atom. The van der Waals surface area contributed by atoms with Gasteiger partial charge in [-0.15, -0.1) is 0 Å². The van der Waals surface area contributed by atoms with E-state index < -0.39 is 0 Å². The van der Waals surface area contributed by atoms with Gasteiger partial charge in [0.15, 0.2) is 0 Å². The number of amides is 1. The minimum atomic E-state index is 0.0952. The van der Waals surface area contributed by atoms with Crippen LogP contribution in [0, 0.1) is 6.92 Å². The van der Waals surface area contributed by atoms with Gasteiger partial charge in [0.1, 0.15) is 17.4 Å². The maximum absolute atomic E-state index is 12.9. The van der Waals surface area contributed by atoms with E-state index in [0.29, 0.717) is 24.9 Å². The molecular weight excluding hydrogens is 404 g/mol. The van der Waals surface area contributed by atoms with Gasteiger partial charge in [0, 0.05) is 43.0 Å². The van der Waals surface area contributed by atoms with Gasteiger partial charge in [-0.3, -0.25) is 14.6 Å². The summed E-state index contributed by atoms with van der Waals surface area (Å²) >= 11 is 0. The fraction of sp³-hybridized carbons (Fsp3) is 0.560. The molecule has 170 valence electrons. The number of likely N-dealkylation sites (tertiary alicyclic amines) is 1.